The summed E-state index contributed by atoms with van der Waals surface area (Å²) in [5.41, 5.74) is 6.42. The van der Waals surface area contributed by atoms with Crippen LogP contribution in [-0.2, 0) is 0 Å². The number of nitrogens with zero attached hydrogens (tertiary/aromatic N) is 2. The van der Waals surface area contributed by atoms with E-state index < -0.39 is 0 Å². The fraction of sp³-hybridized carbons (Fsp3) is 0.545. The molecule has 2 atom stereocenters. The Morgan fingerprint density at radius 1 is 1.57 bits per heavy atom. The van der Waals surface area contributed by atoms with E-state index in [4.69, 9.17) is 11.0 Å². The minimum atomic E-state index is 0.494. The van der Waals surface area contributed by atoms with Crippen molar-refractivity contribution in [2.45, 2.75) is 25.3 Å². The van der Waals surface area contributed by atoms with E-state index in [0.29, 0.717) is 12.0 Å². The van der Waals surface area contributed by atoms with Gasteiger partial charge in [0.15, 0.2) is 0 Å². The van der Waals surface area contributed by atoms with Gasteiger partial charge in [-0.1, -0.05) is 0 Å². The molecule has 1 fully saturated rings. The minimum Gasteiger partial charge on any atom is -0.336 e. The number of hydrogen-bond donors (Lipinski definition) is 1. The third-order valence-electron chi connectivity index (χ3n) is 3.13. The van der Waals surface area contributed by atoms with E-state index in [9.17, 15) is 0 Å². The highest BCUT2D eigenvalue weighted by molar-refractivity contribution is 5.23. The Balaban J connectivity index is 2.14. The third-order valence-corrected chi connectivity index (χ3v) is 3.13. The highest BCUT2D eigenvalue weighted by Gasteiger charge is 2.25. The Morgan fingerprint density at radius 3 is 3.07 bits per heavy atom. The van der Waals surface area contributed by atoms with Crippen molar-refractivity contribution in [1.29, 1.82) is 5.26 Å². The Kier molecular flexibility index (Phi) is 2.55. The highest BCUT2D eigenvalue weighted by atomic mass is 15.0. The number of rotatable bonds is 2. The second-order valence-electron chi connectivity index (χ2n) is 3.98. The van der Waals surface area contributed by atoms with E-state index in [1.165, 1.54) is 6.42 Å². The molecular weight excluding hydrogens is 174 g/mol. The first-order valence-electron chi connectivity index (χ1n) is 5.12. The molecule has 0 spiro atoms. The van der Waals surface area contributed by atoms with Gasteiger partial charge in [-0.25, -0.2) is 0 Å². The van der Waals surface area contributed by atoms with Gasteiger partial charge in [0.25, 0.3) is 0 Å². The molecule has 0 radical (unpaired) electrons. The Labute approximate surface area is 84.1 Å². The van der Waals surface area contributed by atoms with E-state index >= 15 is 0 Å². The summed E-state index contributed by atoms with van der Waals surface area (Å²) in [6.07, 6.45) is 5.48. The predicted molar refractivity (Wildman–Crippen MR) is 54.6 cm³/mol. The first-order chi connectivity index (χ1) is 6.85. The van der Waals surface area contributed by atoms with Crippen molar-refractivity contribution in [2.24, 2.45) is 11.7 Å². The van der Waals surface area contributed by atoms with Crippen molar-refractivity contribution >= 4 is 0 Å². The quantitative estimate of drug-likeness (QED) is 0.769. The Morgan fingerprint density at radius 2 is 2.43 bits per heavy atom. The van der Waals surface area contributed by atoms with Gasteiger partial charge in [-0.3, -0.25) is 0 Å². The lowest BCUT2D eigenvalue weighted by Gasteiger charge is -2.13. The summed E-state index contributed by atoms with van der Waals surface area (Å²) in [6.45, 7) is 0.777. The molecule has 2 N–H and O–H groups in total. The zero-order valence-corrected chi connectivity index (χ0v) is 8.19. The lowest BCUT2D eigenvalue weighted by Crippen LogP contribution is -2.12. The van der Waals surface area contributed by atoms with Gasteiger partial charge in [-0.05, 0) is 43.9 Å². The largest absolute Gasteiger partial charge is 0.336 e. The van der Waals surface area contributed by atoms with Crippen LogP contribution < -0.4 is 5.73 Å². The molecule has 2 unspecified atom stereocenters. The molecule has 1 aromatic heterocycles. The molecule has 0 aliphatic heterocycles. The van der Waals surface area contributed by atoms with E-state index in [1.54, 1.807) is 0 Å². The van der Waals surface area contributed by atoms with Crippen LogP contribution in [0.5, 0.6) is 0 Å². The summed E-state index contributed by atoms with van der Waals surface area (Å²) in [7, 11) is 0. The Bertz CT molecular complexity index is 348. The molecule has 74 valence electrons. The molecule has 14 heavy (non-hydrogen) atoms. The van der Waals surface area contributed by atoms with Gasteiger partial charge in [-0.15, -0.1) is 0 Å². The van der Waals surface area contributed by atoms with Gasteiger partial charge in [-0.2, -0.15) is 5.26 Å². The van der Waals surface area contributed by atoms with Crippen molar-refractivity contribution in [3.63, 3.8) is 0 Å². The molecule has 3 heteroatoms. The molecule has 0 saturated heterocycles. The first-order valence-corrected chi connectivity index (χ1v) is 5.12. The molecule has 1 saturated carbocycles. The van der Waals surface area contributed by atoms with Crippen molar-refractivity contribution in [2.75, 3.05) is 6.54 Å². The van der Waals surface area contributed by atoms with Crippen LogP contribution in [0.1, 0.15) is 31.0 Å². The monoisotopic (exact) mass is 189 g/mol. The summed E-state index contributed by atoms with van der Waals surface area (Å²) < 4.78 is 2.09. The molecule has 1 aliphatic rings. The molecule has 0 bridgehead atoms. The van der Waals surface area contributed by atoms with Crippen molar-refractivity contribution in [3.8, 4) is 6.07 Å². The second-order valence-corrected chi connectivity index (χ2v) is 3.98. The summed E-state index contributed by atoms with van der Waals surface area (Å²) in [4.78, 5) is 0. The summed E-state index contributed by atoms with van der Waals surface area (Å²) in [5, 5.41) is 8.90. The number of nitrogens with two attached hydrogens (primary N) is 1. The normalized spacial score (nSPS) is 26.3. The molecule has 3 nitrogen and oxygen atoms in total. The standard InChI is InChI=1S/C11H15N3/c12-7-9-3-4-10(6-9)14-5-1-2-11(14)8-13/h1-2,5,9-10H,3-4,6-7,12H2. The van der Waals surface area contributed by atoms with Crippen molar-refractivity contribution in [1.82, 2.24) is 4.57 Å². The van der Waals surface area contributed by atoms with Gasteiger partial charge in [0, 0.05) is 12.2 Å². The van der Waals surface area contributed by atoms with Crippen LogP contribution >= 0.6 is 0 Å². The van der Waals surface area contributed by atoms with E-state index in [1.807, 2.05) is 18.3 Å². The molecule has 1 heterocycles. The van der Waals surface area contributed by atoms with Gasteiger partial charge in [0.1, 0.15) is 11.8 Å². The topological polar surface area (TPSA) is 54.7 Å². The smallest absolute Gasteiger partial charge is 0.120 e. The fourth-order valence-electron chi connectivity index (χ4n) is 2.32. The summed E-state index contributed by atoms with van der Waals surface area (Å²) in [5.74, 6) is 0.647. The average molecular weight is 189 g/mol. The van der Waals surface area contributed by atoms with Crippen LogP contribution in [0.4, 0.5) is 0 Å². The zero-order valence-electron chi connectivity index (χ0n) is 8.19. The molecule has 0 aromatic carbocycles. The van der Waals surface area contributed by atoms with Gasteiger partial charge in [0.2, 0.25) is 0 Å². The van der Waals surface area contributed by atoms with Crippen LogP contribution in [0.15, 0.2) is 18.3 Å². The van der Waals surface area contributed by atoms with E-state index in [2.05, 4.69) is 10.6 Å². The van der Waals surface area contributed by atoms with Crippen LogP contribution in [-0.4, -0.2) is 11.1 Å². The SMILES string of the molecule is N#Cc1cccn1C1CCC(CN)C1. The molecule has 2 rings (SSSR count). The number of aromatic nitrogens is 1. The maximum atomic E-state index is 8.90. The molecule has 0 amide bonds. The van der Waals surface area contributed by atoms with Crippen LogP contribution in [0.25, 0.3) is 0 Å². The van der Waals surface area contributed by atoms with E-state index in [0.717, 1.165) is 25.1 Å². The lowest BCUT2D eigenvalue weighted by molar-refractivity contribution is 0.480. The van der Waals surface area contributed by atoms with Crippen molar-refractivity contribution < 1.29 is 0 Å². The Hall–Kier alpha value is -1.27. The molecular formula is C11H15N3. The summed E-state index contributed by atoms with van der Waals surface area (Å²) >= 11 is 0. The van der Waals surface area contributed by atoms with Gasteiger partial charge in [0.05, 0.1) is 0 Å². The molecule has 1 aromatic rings. The maximum absolute atomic E-state index is 8.90. The van der Waals surface area contributed by atoms with Crippen LogP contribution in [0.3, 0.4) is 0 Å². The fourth-order valence-corrected chi connectivity index (χ4v) is 2.32. The highest BCUT2D eigenvalue weighted by Crippen LogP contribution is 2.34. The van der Waals surface area contributed by atoms with E-state index in [-0.39, 0.29) is 0 Å². The lowest BCUT2D eigenvalue weighted by atomic mass is 10.1. The number of hydrogen-bond acceptors (Lipinski definition) is 2. The van der Waals surface area contributed by atoms with Crippen molar-refractivity contribution in [3.05, 3.63) is 24.0 Å². The zero-order chi connectivity index (χ0) is 9.97. The van der Waals surface area contributed by atoms with Gasteiger partial charge < -0.3 is 10.3 Å². The second kappa shape index (κ2) is 3.85. The maximum Gasteiger partial charge on any atom is 0.120 e. The average Bonchev–Trinajstić information content (AvgIpc) is 2.85. The third kappa shape index (κ3) is 1.53. The van der Waals surface area contributed by atoms with Gasteiger partial charge >= 0.3 is 0 Å². The minimum absolute atomic E-state index is 0.494. The summed E-state index contributed by atoms with van der Waals surface area (Å²) in [6, 6.07) is 6.52. The number of nitriles is 1. The molecule has 1 aliphatic carbocycles. The first kappa shape index (κ1) is 9.29. The van der Waals surface area contributed by atoms with Crippen LogP contribution in [0.2, 0.25) is 0 Å². The van der Waals surface area contributed by atoms with Crippen LogP contribution in [0, 0.1) is 17.2 Å². The predicted octanol–water partition coefficient (Wildman–Crippen LogP) is 1.66.